The molecule has 98 valence electrons. The second-order valence-corrected chi connectivity index (χ2v) is 5.52. The zero-order chi connectivity index (χ0) is 13.2. The molecule has 0 atom stereocenters. The summed E-state index contributed by atoms with van der Waals surface area (Å²) in [5.41, 5.74) is 3.25. The van der Waals surface area contributed by atoms with Gasteiger partial charge in [0.25, 0.3) is 0 Å². The van der Waals surface area contributed by atoms with E-state index in [1.807, 2.05) is 12.1 Å². The molecule has 3 aromatic rings. The maximum Gasteiger partial charge on any atom is 0.0926 e. The van der Waals surface area contributed by atoms with Gasteiger partial charge in [-0.15, -0.1) is 11.3 Å². The normalized spacial score (nSPS) is 11.3. The minimum atomic E-state index is 0.0903. The van der Waals surface area contributed by atoms with Crippen molar-refractivity contribution in [3.05, 3.63) is 52.1 Å². The quantitative estimate of drug-likeness (QED) is 0.792. The zero-order valence-electron chi connectivity index (χ0n) is 10.8. The Hall–Kier alpha value is -1.65. The SMILES string of the molecule is CCc1nc(Cn2ccc3cc(CO)ccc32)cs1. The molecular formula is C15H16N2OS. The summed E-state index contributed by atoms with van der Waals surface area (Å²) in [4.78, 5) is 4.60. The fourth-order valence-corrected chi connectivity index (χ4v) is 2.98. The first-order valence-electron chi connectivity index (χ1n) is 6.42. The molecule has 1 aromatic carbocycles. The monoisotopic (exact) mass is 272 g/mol. The predicted octanol–water partition coefficient (Wildman–Crippen LogP) is 3.20. The Balaban J connectivity index is 1.92. The third-order valence-corrected chi connectivity index (χ3v) is 4.29. The number of thiazole rings is 1. The van der Waals surface area contributed by atoms with Crippen LogP contribution in [0.5, 0.6) is 0 Å². The lowest BCUT2D eigenvalue weighted by molar-refractivity contribution is 0.282. The van der Waals surface area contributed by atoms with E-state index in [0.717, 1.165) is 29.6 Å². The topological polar surface area (TPSA) is 38.0 Å². The van der Waals surface area contributed by atoms with Gasteiger partial charge >= 0.3 is 0 Å². The van der Waals surface area contributed by atoms with Crippen LogP contribution in [0.15, 0.2) is 35.8 Å². The van der Waals surface area contributed by atoms with Crippen LogP contribution in [0.2, 0.25) is 0 Å². The summed E-state index contributed by atoms with van der Waals surface area (Å²) < 4.78 is 2.20. The molecule has 0 amide bonds. The Morgan fingerprint density at radius 3 is 2.95 bits per heavy atom. The van der Waals surface area contributed by atoms with Crippen LogP contribution in [-0.4, -0.2) is 14.7 Å². The van der Waals surface area contributed by atoms with Crippen LogP contribution < -0.4 is 0 Å². The molecule has 0 saturated heterocycles. The van der Waals surface area contributed by atoms with Crippen molar-refractivity contribution in [2.45, 2.75) is 26.5 Å². The maximum atomic E-state index is 9.15. The van der Waals surface area contributed by atoms with Crippen molar-refractivity contribution < 1.29 is 5.11 Å². The van der Waals surface area contributed by atoms with Gasteiger partial charge in [-0.25, -0.2) is 4.98 Å². The highest BCUT2D eigenvalue weighted by atomic mass is 32.1. The van der Waals surface area contributed by atoms with Crippen LogP contribution in [0.4, 0.5) is 0 Å². The van der Waals surface area contributed by atoms with E-state index in [4.69, 9.17) is 5.11 Å². The molecule has 19 heavy (non-hydrogen) atoms. The van der Waals surface area contributed by atoms with E-state index < -0.39 is 0 Å². The zero-order valence-corrected chi connectivity index (χ0v) is 11.7. The third kappa shape index (κ3) is 2.41. The van der Waals surface area contributed by atoms with E-state index >= 15 is 0 Å². The molecule has 0 unspecified atom stereocenters. The lowest BCUT2D eigenvalue weighted by Gasteiger charge is -2.03. The molecule has 0 radical (unpaired) electrons. The van der Waals surface area contributed by atoms with E-state index in [-0.39, 0.29) is 6.61 Å². The van der Waals surface area contributed by atoms with E-state index in [1.165, 1.54) is 10.5 Å². The first-order chi connectivity index (χ1) is 9.30. The molecule has 0 saturated carbocycles. The summed E-state index contributed by atoms with van der Waals surface area (Å²) in [5, 5.41) is 13.6. The smallest absolute Gasteiger partial charge is 0.0926 e. The van der Waals surface area contributed by atoms with Crippen LogP contribution in [-0.2, 0) is 19.6 Å². The molecule has 0 aliphatic rings. The lowest BCUT2D eigenvalue weighted by atomic mass is 10.2. The summed E-state index contributed by atoms with van der Waals surface area (Å²) in [6.07, 6.45) is 3.08. The maximum absolute atomic E-state index is 9.15. The van der Waals surface area contributed by atoms with E-state index in [0.29, 0.717) is 0 Å². The molecular weight excluding hydrogens is 256 g/mol. The number of aromatic nitrogens is 2. The number of aliphatic hydroxyl groups is 1. The molecule has 0 fully saturated rings. The summed E-state index contributed by atoms with van der Waals surface area (Å²) in [7, 11) is 0. The molecule has 0 aliphatic carbocycles. The Kier molecular flexibility index (Phi) is 3.36. The second kappa shape index (κ2) is 5.15. The van der Waals surface area contributed by atoms with Crippen molar-refractivity contribution in [3.8, 4) is 0 Å². The predicted molar refractivity (Wildman–Crippen MR) is 78.5 cm³/mol. The molecule has 2 heterocycles. The van der Waals surface area contributed by atoms with Crippen LogP contribution in [0.3, 0.4) is 0 Å². The van der Waals surface area contributed by atoms with Gasteiger partial charge in [0, 0.05) is 17.1 Å². The van der Waals surface area contributed by atoms with Crippen LogP contribution >= 0.6 is 11.3 Å². The van der Waals surface area contributed by atoms with Gasteiger partial charge in [0.2, 0.25) is 0 Å². The van der Waals surface area contributed by atoms with Gasteiger partial charge in [-0.1, -0.05) is 13.0 Å². The number of rotatable bonds is 4. The molecule has 0 bridgehead atoms. The van der Waals surface area contributed by atoms with Crippen molar-refractivity contribution >= 4 is 22.2 Å². The summed E-state index contributed by atoms with van der Waals surface area (Å²) in [6, 6.07) is 8.15. The molecule has 3 nitrogen and oxygen atoms in total. The standard InChI is InChI=1S/C15H16N2OS/c1-2-15-16-13(10-19-15)8-17-6-5-12-7-11(9-18)3-4-14(12)17/h3-7,10,18H,2,8-9H2,1H3. The molecule has 3 rings (SSSR count). The fourth-order valence-electron chi connectivity index (χ4n) is 2.24. The largest absolute Gasteiger partial charge is 0.392 e. The van der Waals surface area contributed by atoms with Crippen molar-refractivity contribution in [1.29, 1.82) is 0 Å². The van der Waals surface area contributed by atoms with Crippen molar-refractivity contribution in [2.75, 3.05) is 0 Å². The first kappa shape index (κ1) is 12.4. The minimum absolute atomic E-state index is 0.0903. The average Bonchev–Trinajstić information content (AvgIpc) is 3.06. The van der Waals surface area contributed by atoms with Crippen molar-refractivity contribution in [2.24, 2.45) is 0 Å². The highest BCUT2D eigenvalue weighted by molar-refractivity contribution is 7.09. The van der Waals surface area contributed by atoms with E-state index in [1.54, 1.807) is 11.3 Å². The lowest BCUT2D eigenvalue weighted by Crippen LogP contribution is -1.98. The van der Waals surface area contributed by atoms with Gasteiger partial charge in [0.15, 0.2) is 0 Å². The molecule has 4 heteroatoms. The number of aryl methyl sites for hydroxylation is 1. The Labute approximate surface area is 116 Å². The van der Waals surface area contributed by atoms with Crippen LogP contribution in [0, 0.1) is 0 Å². The van der Waals surface area contributed by atoms with Gasteiger partial charge in [-0.2, -0.15) is 0 Å². The number of hydrogen-bond donors (Lipinski definition) is 1. The molecule has 0 aliphatic heterocycles. The van der Waals surface area contributed by atoms with Crippen molar-refractivity contribution in [1.82, 2.24) is 9.55 Å². The number of nitrogens with zero attached hydrogens (tertiary/aromatic N) is 2. The Morgan fingerprint density at radius 1 is 1.32 bits per heavy atom. The highest BCUT2D eigenvalue weighted by Crippen LogP contribution is 2.20. The van der Waals surface area contributed by atoms with Gasteiger partial charge < -0.3 is 9.67 Å². The summed E-state index contributed by atoms with van der Waals surface area (Å²) in [5.74, 6) is 0. The third-order valence-electron chi connectivity index (χ3n) is 3.25. The molecule has 1 N–H and O–H groups in total. The number of benzene rings is 1. The fraction of sp³-hybridized carbons (Fsp3) is 0.267. The van der Waals surface area contributed by atoms with Gasteiger partial charge in [0.1, 0.15) is 0 Å². The Morgan fingerprint density at radius 2 is 2.21 bits per heavy atom. The van der Waals surface area contributed by atoms with Crippen LogP contribution in [0.25, 0.3) is 10.9 Å². The second-order valence-electron chi connectivity index (χ2n) is 4.58. The number of aliphatic hydroxyl groups excluding tert-OH is 1. The molecule has 0 spiro atoms. The first-order valence-corrected chi connectivity index (χ1v) is 7.30. The summed E-state index contributed by atoms with van der Waals surface area (Å²) in [6.45, 7) is 3.02. The van der Waals surface area contributed by atoms with Gasteiger partial charge in [-0.05, 0) is 35.6 Å². The number of fused-ring (bicyclic) bond motifs is 1. The van der Waals surface area contributed by atoms with E-state index in [9.17, 15) is 0 Å². The van der Waals surface area contributed by atoms with E-state index in [2.05, 4.69) is 40.2 Å². The van der Waals surface area contributed by atoms with Crippen LogP contribution in [0.1, 0.15) is 23.2 Å². The highest BCUT2D eigenvalue weighted by Gasteiger charge is 2.05. The Bertz CT molecular complexity index is 699. The minimum Gasteiger partial charge on any atom is -0.392 e. The van der Waals surface area contributed by atoms with Crippen molar-refractivity contribution in [3.63, 3.8) is 0 Å². The van der Waals surface area contributed by atoms with Gasteiger partial charge in [0.05, 0.1) is 23.9 Å². The average molecular weight is 272 g/mol. The summed E-state index contributed by atoms with van der Waals surface area (Å²) >= 11 is 1.73. The molecule has 2 aromatic heterocycles. The van der Waals surface area contributed by atoms with Gasteiger partial charge in [-0.3, -0.25) is 0 Å². The number of hydrogen-bond acceptors (Lipinski definition) is 3.